The average Bonchev–Trinajstić information content (AvgIpc) is 2.78. The lowest BCUT2D eigenvalue weighted by molar-refractivity contribution is 0.0666. The van der Waals surface area contributed by atoms with Gasteiger partial charge in [0.1, 0.15) is 6.17 Å². The van der Waals surface area contributed by atoms with Crippen LogP contribution in [0.3, 0.4) is 0 Å². The van der Waals surface area contributed by atoms with Crippen molar-refractivity contribution in [3.05, 3.63) is 95.6 Å². The fourth-order valence-electron chi connectivity index (χ4n) is 3.96. The standard InChI is InChI=1S/C25H27N3O/c1-3-27(4-2)21-16-14-20(15-17-21)24-26-23-13-9-8-12-22(23)25(29)28(24)18-19-10-6-5-7-11-19/h5-17,24,26H,3-4,18H2,1-2H3. The molecule has 148 valence electrons. The molecule has 1 N–H and O–H groups in total. The summed E-state index contributed by atoms with van der Waals surface area (Å²) < 4.78 is 0. The van der Waals surface area contributed by atoms with E-state index in [0.29, 0.717) is 6.54 Å². The van der Waals surface area contributed by atoms with E-state index < -0.39 is 0 Å². The van der Waals surface area contributed by atoms with E-state index in [1.54, 1.807) is 0 Å². The molecule has 0 spiro atoms. The zero-order valence-electron chi connectivity index (χ0n) is 17.0. The van der Waals surface area contributed by atoms with Gasteiger partial charge in [0, 0.05) is 31.0 Å². The molecule has 4 heteroatoms. The summed E-state index contributed by atoms with van der Waals surface area (Å²) >= 11 is 0. The first-order valence-corrected chi connectivity index (χ1v) is 10.3. The monoisotopic (exact) mass is 385 g/mol. The number of carbonyl (C=O) groups is 1. The number of hydrogen-bond acceptors (Lipinski definition) is 3. The molecule has 3 aromatic carbocycles. The number of nitrogens with one attached hydrogen (secondary N) is 1. The first kappa shape index (κ1) is 19.1. The Balaban J connectivity index is 1.69. The molecule has 3 aromatic rings. The zero-order valence-corrected chi connectivity index (χ0v) is 17.0. The quantitative estimate of drug-likeness (QED) is 0.625. The van der Waals surface area contributed by atoms with Crippen LogP contribution in [0.1, 0.15) is 41.5 Å². The van der Waals surface area contributed by atoms with Crippen LogP contribution >= 0.6 is 0 Å². The first-order valence-electron chi connectivity index (χ1n) is 10.3. The number of amides is 1. The lowest BCUT2D eigenvalue weighted by atomic mass is 10.0. The van der Waals surface area contributed by atoms with Crippen LogP contribution in [0.15, 0.2) is 78.9 Å². The molecule has 0 bridgehead atoms. The van der Waals surface area contributed by atoms with Crippen molar-refractivity contribution >= 4 is 17.3 Å². The van der Waals surface area contributed by atoms with Gasteiger partial charge in [0.05, 0.1) is 5.56 Å². The molecule has 29 heavy (non-hydrogen) atoms. The minimum Gasteiger partial charge on any atom is -0.372 e. The van der Waals surface area contributed by atoms with Crippen LogP contribution in [0.25, 0.3) is 0 Å². The van der Waals surface area contributed by atoms with Crippen molar-refractivity contribution in [2.75, 3.05) is 23.3 Å². The van der Waals surface area contributed by atoms with Gasteiger partial charge in [-0.2, -0.15) is 0 Å². The van der Waals surface area contributed by atoms with E-state index in [-0.39, 0.29) is 12.1 Å². The maximum atomic E-state index is 13.4. The number of carbonyl (C=O) groups excluding carboxylic acids is 1. The number of rotatable bonds is 6. The van der Waals surface area contributed by atoms with E-state index >= 15 is 0 Å². The molecule has 0 aliphatic carbocycles. The fraction of sp³-hybridized carbons (Fsp3) is 0.240. The topological polar surface area (TPSA) is 35.6 Å². The third-order valence-electron chi connectivity index (χ3n) is 5.56. The van der Waals surface area contributed by atoms with E-state index in [9.17, 15) is 4.79 Å². The number of nitrogens with zero attached hydrogens (tertiary/aromatic N) is 2. The number of fused-ring (bicyclic) bond motifs is 1. The molecule has 1 heterocycles. The lowest BCUT2D eigenvalue weighted by Gasteiger charge is -2.38. The Hall–Kier alpha value is -3.27. The van der Waals surface area contributed by atoms with E-state index in [1.165, 1.54) is 5.69 Å². The molecule has 0 aromatic heterocycles. The van der Waals surface area contributed by atoms with E-state index in [2.05, 4.69) is 60.5 Å². The van der Waals surface area contributed by atoms with Crippen molar-refractivity contribution in [1.29, 1.82) is 0 Å². The van der Waals surface area contributed by atoms with Crippen LogP contribution in [-0.4, -0.2) is 23.9 Å². The molecule has 1 unspecified atom stereocenters. The molecule has 1 atom stereocenters. The second kappa shape index (κ2) is 8.39. The van der Waals surface area contributed by atoms with Gasteiger partial charge < -0.3 is 15.1 Å². The van der Waals surface area contributed by atoms with Crippen LogP contribution in [0, 0.1) is 0 Å². The van der Waals surface area contributed by atoms with Gasteiger partial charge in [-0.15, -0.1) is 0 Å². The highest BCUT2D eigenvalue weighted by Crippen LogP contribution is 2.34. The minimum absolute atomic E-state index is 0.0565. The number of para-hydroxylation sites is 1. The number of anilines is 2. The van der Waals surface area contributed by atoms with E-state index in [0.717, 1.165) is 35.5 Å². The minimum atomic E-state index is -0.205. The predicted molar refractivity (Wildman–Crippen MR) is 119 cm³/mol. The molecular formula is C25H27N3O. The summed E-state index contributed by atoms with van der Waals surface area (Å²) in [5.41, 5.74) is 5.02. The summed E-state index contributed by atoms with van der Waals surface area (Å²) in [6.45, 7) is 6.84. The molecule has 4 rings (SSSR count). The third kappa shape index (κ3) is 3.83. The van der Waals surface area contributed by atoms with Crippen molar-refractivity contribution in [3.63, 3.8) is 0 Å². The number of benzene rings is 3. The molecule has 0 fully saturated rings. The largest absolute Gasteiger partial charge is 0.372 e. The first-order chi connectivity index (χ1) is 14.2. The van der Waals surface area contributed by atoms with Crippen LogP contribution in [0.2, 0.25) is 0 Å². The second-order valence-electron chi connectivity index (χ2n) is 7.27. The third-order valence-corrected chi connectivity index (χ3v) is 5.56. The highest BCUT2D eigenvalue weighted by Gasteiger charge is 2.32. The van der Waals surface area contributed by atoms with Gasteiger partial charge in [-0.25, -0.2) is 0 Å². The van der Waals surface area contributed by atoms with Crippen molar-refractivity contribution in [2.24, 2.45) is 0 Å². The van der Waals surface area contributed by atoms with E-state index in [1.807, 2.05) is 47.4 Å². The van der Waals surface area contributed by atoms with Gasteiger partial charge >= 0.3 is 0 Å². The lowest BCUT2D eigenvalue weighted by Crippen LogP contribution is -2.42. The maximum Gasteiger partial charge on any atom is 0.258 e. The highest BCUT2D eigenvalue weighted by molar-refractivity contribution is 6.01. The van der Waals surface area contributed by atoms with Crippen molar-refractivity contribution in [3.8, 4) is 0 Å². The second-order valence-corrected chi connectivity index (χ2v) is 7.27. The summed E-state index contributed by atoms with van der Waals surface area (Å²) in [7, 11) is 0. The molecule has 4 nitrogen and oxygen atoms in total. The van der Waals surface area contributed by atoms with Crippen LogP contribution in [-0.2, 0) is 6.54 Å². The molecule has 1 amide bonds. The zero-order chi connectivity index (χ0) is 20.2. The molecular weight excluding hydrogens is 358 g/mol. The molecule has 0 saturated heterocycles. The smallest absolute Gasteiger partial charge is 0.258 e. The van der Waals surface area contributed by atoms with Crippen molar-refractivity contribution in [2.45, 2.75) is 26.6 Å². The summed E-state index contributed by atoms with van der Waals surface area (Å²) in [4.78, 5) is 17.6. The highest BCUT2D eigenvalue weighted by atomic mass is 16.2. The summed E-state index contributed by atoms with van der Waals surface area (Å²) in [5.74, 6) is 0.0565. The van der Waals surface area contributed by atoms with Gasteiger partial charge in [-0.1, -0.05) is 54.6 Å². The van der Waals surface area contributed by atoms with Gasteiger partial charge in [0.25, 0.3) is 5.91 Å². The molecule has 1 aliphatic heterocycles. The summed E-state index contributed by atoms with van der Waals surface area (Å²) in [6, 6.07) is 26.5. The normalized spacial score (nSPS) is 15.6. The average molecular weight is 386 g/mol. The maximum absolute atomic E-state index is 13.4. The van der Waals surface area contributed by atoms with Crippen LogP contribution < -0.4 is 10.2 Å². The van der Waals surface area contributed by atoms with Gasteiger partial charge in [-0.05, 0) is 49.2 Å². The Kier molecular flexibility index (Phi) is 5.52. The Labute approximate surface area is 172 Å². The SMILES string of the molecule is CCN(CC)c1ccc(C2Nc3ccccc3C(=O)N2Cc2ccccc2)cc1. The Morgan fingerprint density at radius 1 is 0.862 bits per heavy atom. The van der Waals surface area contributed by atoms with E-state index in [4.69, 9.17) is 0 Å². The predicted octanol–water partition coefficient (Wildman–Crippen LogP) is 5.30. The molecule has 0 radical (unpaired) electrons. The Morgan fingerprint density at radius 3 is 2.21 bits per heavy atom. The van der Waals surface area contributed by atoms with Gasteiger partial charge in [-0.3, -0.25) is 4.79 Å². The van der Waals surface area contributed by atoms with Gasteiger partial charge in [0.2, 0.25) is 0 Å². The van der Waals surface area contributed by atoms with Crippen molar-refractivity contribution in [1.82, 2.24) is 4.90 Å². The Morgan fingerprint density at radius 2 is 1.52 bits per heavy atom. The van der Waals surface area contributed by atoms with Crippen LogP contribution in [0.4, 0.5) is 11.4 Å². The van der Waals surface area contributed by atoms with Gasteiger partial charge in [0.15, 0.2) is 0 Å². The fourth-order valence-corrected chi connectivity index (χ4v) is 3.96. The molecule has 0 saturated carbocycles. The summed E-state index contributed by atoms with van der Waals surface area (Å²) in [5, 5.41) is 3.58. The van der Waals surface area contributed by atoms with Crippen molar-refractivity contribution < 1.29 is 4.79 Å². The molecule has 1 aliphatic rings. The summed E-state index contributed by atoms with van der Waals surface area (Å²) in [6.07, 6.45) is -0.205. The van der Waals surface area contributed by atoms with Crippen LogP contribution in [0.5, 0.6) is 0 Å². The Bertz CT molecular complexity index is 965. The number of hydrogen-bond donors (Lipinski definition) is 1.